The number of aliphatic imine (C=N–C) groups is 1. The lowest BCUT2D eigenvalue weighted by Gasteiger charge is -2.25. The summed E-state index contributed by atoms with van der Waals surface area (Å²) in [5.74, 6) is 1.04. The van der Waals surface area contributed by atoms with Crippen LogP contribution < -0.4 is 10.6 Å². The number of carbonyl (C=O) groups is 1. The van der Waals surface area contributed by atoms with Crippen molar-refractivity contribution in [1.29, 1.82) is 0 Å². The molecule has 4 nitrogen and oxygen atoms in total. The van der Waals surface area contributed by atoms with Gasteiger partial charge in [-0.05, 0) is 29.9 Å². The average molecular weight is 287 g/mol. The molecule has 1 atom stereocenters. The minimum Gasteiger partial charge on any atom is -0.338 e. The number of rotatable bonds is 5. The normalized spacial score (nSPS) is 23.5. The Morgan fingerprint density at radius 2 is 1.86 bits per heavy atom. The van der Waals surface area contributed by atoms with Crippen LogP contribution in [-0.4, -0.2) is 18.4 Å². The molecule has 1 unspecified atom stereocenters. The molecule has 1 aliphatic rings. The zero-order valence-electron chi connectivity index (χ0n) is 13.4. The first-order valence-corrected chi connectivity index (χ1v) is 7.75. The van der Waals surface area contributed by atoms with Crippen molar-refractivity contribution in [3.05, 3.63) is 35.4 Å². The number of hydrogen-bond donors (Lipinski definition) is 2. The number of aryl methyl sites for hydroxylation is 1. The summed E-state index contributed by atoms with van der Waals surface area (Å²) in [6.07, 6.45) is 1.69. The number of nitrogens with one attached hydrogen (secondary N) is 2. The number of amides is 1. The van der Waals surface area contributed by atoms with E-state index in [1.165, 1.54) is 5.56 Å². The summed E-state index contributed by atoms with van der Waals surface area (Å²) >= 11 is 0. The van der Waals surface area contributed by atoms with Gasteiger partial charge < -0.3 is 5.32 Å². The van der Waals surface area contributed by atoms with E-state index in [4.69, 9.17) is 0 Å². The van der Waals surface area contributed by atoms with Crippen molar-refractivity contribution in [2.45, 2.75) is 46.1 Å². The second-order valence-corrected chi connectivity index (χ2v) is 5.97. The van der Waals surface area contributed by atoms with Crippen LogP contribution in [0.1, 0.15) is 45.2 Å². The molecule has 0 bridgehead atoms. The van der Waals surface area contributed by atoms with Gasteiger partial charge in [0.1, 0.15) is 5.54 Å². The molecule has 0 aromatic heterocycles. The molecule has 0 spiro atoms. The van der Waals surface area contributed by atoms with Crippen molar-refractivity contribution >= 4 is 11.9 Å². The van der Waals surface area contributed by atoms with Crippen molar-refractivity contribution in [3.63, 3.8) is 0 Å². The Bertz CT molecular complexity index is 533. The molecule has 0 aliphatic carbocycles. The first-order valence-electron chi connectivity index (χ1n) is 7.75. The molecule has 2 N–H and O–H groups in total. The molecule has 1 saturated heterocycles. The maximum atomic E-state index is 12.5. The van der Waals surface area contributed by atoms with E-state index >= 15 is 0 Å². The molecule has 21 heavy (non-hydrogen) atoms. The fraction of sp³-hybridized carbons (Fsp3) is 0.529. The SMILES string of the molecule is CCc1ccc(C2(CC)NC(=NCC(C)C)NC2=O)cc1. The summed E-state index contributed by atoms with van der Waals surface area (Å²) in [4.78, 5) is 16.9. The molecule has 1 fully saturated rings. The Labute approximate surface area is 127 Å². The number of carbonyl (C=O) groups excluding carboxylic acids is 1. The van der Waals surface area contributed by atoms with Crippen LogP contribution in [-0.2, 0) is 16.8 Å². The number of nitrogens with zero attached hydrogens (tertiary/aromatic N) is 1. The van der Waals surface area contributed by atoms with Crippen molar-refractivity contribution in [3.8, 4) is 0 Å². The highest BCUT2D eigenvalue weighted by Gasteiger charge is 2.45. The largest absolute Gasteiger partial charge is 0.338 e. The van der Waals surface area contributed by atoms with Crippen molar-refractivity contribution < 1.29 is 4.79 Å². The molecule has 2 rings (SSSR count). The molecule has 1 aromatic carbocycles. The van der Waals surface area contributed by atoms with Gasteiger partial charge in [0.2, 0.25) is 0 Å². The lowest BCUT2D eigenvalue weighted by Crippen LogP contribution is -2.43. The van der Waals surface area contributed by atoms with Crippen LogP contribution in [0.4, 0.5) is 0 Å². The average Bonchev–Trinajstić information content (AvgIpc) is 2.82. The molecule has 1 aliphatic heterocycles. The Hall–Kier alpha value is -1.84. The third kappa shape index (κ3) is 3.09. The van der Waals surface area contributed by atoms with Crippen LogP contribution in [0, 0.1) is 5.92 Å². The van der Waals surface area contributed by atoms with E-state index in [9.17, 15) is 4.79 Å². The van der Waals surface area contributed by atoms with Crippen LogP contribution in [0.5, 0.6) is 0 Å². The van der Waals surface area contributed by atoms with E-state index in [0.29, 0.717) is 24.8 Å². The Morgan fingerprint density at radius 3 is 2.38 bits per heavy atom. The van der Waals surface area contributed by atoms with Gasteiger partial charge in [0.05, 0.1) is 0 Å². The van der Waals surface area contributed by atoms with Crippen LogP contribution in [0.15, 0.2) is 29.3 Å². The highest BCUT2D eigenvalue weighted by Crippen LogP contribution is 2.28. The monoisotopic (exact) mass is 287 g/mol. The number of guanidine groups is 1. The molecule has 1 amide bonds. The Balaban J connectivity index is 2.28. The van der Waals surface area contributed by atoms with Crippen LogP contribution in [0.3, 0.4) is 0 Å². The quantitative estimate of drug-likeness (QED) is 0.874. The van der Waals surface area contributed by atoms with E-state index in [1.54, 1.807) is 0 Å². The van der Waals surface area contributed by atoms with Crippen LogP contribution in [0.2, 0.25) is 0 Å². The molecular weight excluding hydrogens is 262 g/mol. The fourth-order valence-electron chi connectivity index (χ4n) is 2.54. The third-order valence-corrected chi connectivity index (χ3v) is 3.95. The second kappa shape index (κ2) is 6.29. The lowest BCUT2D eigenvalue weighted by atomic mass is 9.87. The molecule has 114 valence electrons. The molecule has 1 aromatic rings. The number of benzene rings is 1. The molecular formula is C17H25N3O. The van der Waals surface area contributed by atoms with Gasteiger partial charge in [0.15, 0.2) is 5.96 Å². The standard InChI is InChI=1S/C17H25N3O/c1-5-13-7-9-14(10-8-13)17(6-2)15(21)19-16(20-17)18-11-12(3)4/h7-10,12H,5-6,11H2,1-4H3,(H2,18,19,20,21). The zero-order valence-corrected chi connectivity index (χ0v) is 13.4. The summed E-state index contributed by atoms with van der Waals surface area (Å²) in [6.45, 7) is 9.07. The summed E-state index contributed by atoms with van der Waals surface area (Å²) in [6, 6.07) is 8.26. The summed E-state index contributed by atoms with van der Waals surface area (Å²) in [5.41, 5.74) is 1.58. The zero-order chi connectivity index (χ0) is 15.5. The van der Waals surface area contributed by atoms with Gasteiger partial charge in [-0.3, -0.25) is 15.1 Å². The van der Waals surface area contributed by atoms with Crippen molar-refractivity contribution in [2.75, 3.05) is 6.54 Å². The van der Waals surface area contributed by atoms with Gasteiger partial charge in [0.25, 0.3) is 5.91 Å². The summed E-state index contributed by atoms with van der Waals surface area (Å²) < 4.78 is 0. The maximum absolute atomic E-state index is 12.5. The van der Waals surface area contributed by atoms with Gasteiger partial charge in [-0.1, -0.05) is 52.0 Å². The first-order chi connectivity index (χ1) is 10.0. The van der Waals surface area contributed by atoms with E-state index < -0.39 is 5.54 Å². The fourth-order valence-corrected chi connectivity index (χ4v) is 2.54. The Morgan fingerprint density at radius 1 is 1.19 bits per heavy atom. The predicted octanol–water partition coefficient (Wildman–Crippen LogP) is 2.59. The minimum atomic E-state index is -0.692. The Kier molecular flexibility index (Phi) is 4.66. The van der Waals surface area contributed by atoms with Gasteiger partial charge in [-0.15, -0.1) is 0 Å². The summed E-state index contributed by atoms with van der Waals surface area (Å²) in [5, 5.41) is 6.18. The lowest BCUT2D eigenvalue weighted by molar-refractivity contribution is -0.124. The summed E-state index contributed by atoms with van der Waals surface area (Å²) in [7, 11) is 0. The van der Waals surface area contributed by atoms with E-state index in [0.717, 1.165) is 12.0 Å². The van der Waals surface area contributed by atoms with Gasteiger partial charge in [-0.2, -0.15) is 0 Å². The topological polar surface area (TPSA) is 53.5 Å². The van der Waals surface area contributed by atoms with Crippen LogP contribution >= 0.6 is 0 Å². The minimum absolute atomic E-state index is 0.0169. The first kappa shape index (κ1) is 15.5. The van der Waals surface area contributed by atoms with E-state index in [-0.39, 0.29) is 5.91 Å². The van der Waals surface area contributed by atoms with Crippen molar-refractivity contribution in [2.24, 2.45) is 10.9 Å². The van der Waals surface area contributed by atoms with Crippen molar-refractivity contribution in [1.82, 2.24) is 10.6 Å². The number of hydrogen-bond acceptors (Lipinski definition) is 2. The molecule has 1 heterocycles. The predicted molar refractivity (Wildman–Crippen MR) is 86.2 cm³/mol. The van der Waals surface area contributed by atoms with Gasteiger partial charge in [-0.25, -0.2) is 0 Å². The van der Waals surface area contributed by atoms with Gasteiger partial charge in [0, 0.05) is 6.54 Å². The smallest absolute Gasteiger partial charge is 0.257 e. The highest BCUT2D eigenvalue weighted by atomic mass is 16.2. The van der Waals surface area contributed by atoms with Gasteiger partial charge >= 0.3 is 0 Å². The molecule has 0 saturated carbocycles. The maximum Gasteiger partial charge on any atom is 0.257 e. The third-order valence-electron chi connectivity index (χ3n) is 3.95. The highest BCUT2D eigenvalue weighted by molar-refractivity contribution is 6.09. The van der Waals surface area contributed by atoms with Crippen LogP contribution in [0.25, 0.3) is 0 Å². The molecule has 0 radical (unpaired) electrons. The van der Waals surface area contributed by atoms with E-state index in [1.807, 2.05) is 19.1 Å². The van der Waals surface area contributed by atoms with E-state index in [2.05, 4.69) is 48.5 Å². The molecule has 4 heteroatoms. The second-order valence-electron chi connectivity index (χ2n) is 5.97.